The zero-order chi connectivity index (χ0) is 11.1. The Balaban J connectivity index is 2.17. The number of hydrogen-bond acceptors (Lipinski definition) is 4. The van der Waals surface area contributed by atoms with E-state index in [1.54, 1.807) is 13.2 Å². The third-order valence-electron chi connectivity index (χ3n) is 2.59. The van der Waals surface area contributed by atoms with Crippen molar-refractivity contribution in [3.05, 3.63) is 18.0 Å². The summed E-state index contributed by atoms with van der Waals surface area (Å²) in [4.78, 5) is 11.8. The van der Waals surface area contributed by atoms with Crippen LogP contribution in [0.4, 0.5) is 0 Å². The van der Waals surface area contributed by atoms with Crippen LogP contribution >= 0.6 is 0 Å². The fourth-order valence-corrected chi connectivity index (χ4v) is 3.53. The van der Waals surface area contributed by atoms with Crippen molar-refractivity contribution in [2.45, 2.75) is 6.42 Å². The number of rotatable bonds is 2. The Hall–Kier alpha value is -1.17. The number of ketones is 1. The van der Waals surface area contributed by atoms with Crippen LogP contribution in [0.1, 0.15) is 16.8 Å². The second-order valence-electron chi connectivity index (χ2n) is 3.87. The van der Waals surface area contributed by atoms with E-state index in [1.165, 1.54) is 10.9 Å². The summed E-state index contributed by atoms with van der Waals surface area (Å²) < 4.78 is 24.0. The van der Waals surface area contributed by atoms with E-state index in [-0.39, 0.29) is 23.2 Å². The molecule has 15 heavy (non-hydrogen) atoms. The van der Waals surface area contributed by atoms with Gasteiger partial charge in [0.15, 0.2) is 15.6 Å². The van der Waals surface area contributed by atoms with Crippen molar-refractivity contribution >= 4 is 15.6 Å². The molecule has 1 aliphatic rings. The van der Waals surface area contributed by atoms with Crippen LogP contribution in [-0.4, -0.2) is 35.5 Å². The maximum atomic E-state index is 11.8. The molecule has 0 N–H and O–H groups in total. The first-order valence-electron chi connectivity index (χ1n) is 4.71. The van der Waals surface area contributed by atoms with Crippen LogP contribution < -0.4 is 0 Å². The maximum absolute atomic E-state index is 11.8. The second kappa shape index (κ2) is 3.44. The Morgan fingerprint density at radius 2 is 2.33 bits per heavy atom. The molecule has 1 aliphatic heterocycles. The molecule has 2 rings (SSSR count). The predicted molar refractivity (Wildman–Crippen MR) is 54.3 cm³/mol. The van der Waals surface area contributed by atoms with Gasteiger partial charge in [-0.15, -0.1) is 0 Å². The molecule has 2 heterocycles. The average Bonchev–Trinajstić information content (AvgIpc) is 2.71. The van der Waals surface area contributed by atoms with Gasteiger partial charge in [-0.3, -0.25) is 9.48 Å². The monoisotopic (exact) mass is 228 g/mol. The van der Waals surface area contributed by atoms with Gasteiger partial charge < -0.3 is 0 Å². The van der Waals surface area contributed by atoms with Gasteiger partial charge in [0.25, 0.3) is 0 Å². The van der Waals surface area contributed by atoms with Gasteiger partial charge in [0.1, 0.15) is 0 Å². The smallest absolute Gasteiger partial charge is 0.170 e. The number of sulfone groups is 1. The number of aryl methyl sites for hydroxylation is 1. The molecule has 1 fully saturated rings. The summed E-state index contributed by atoms with van der Waals surface area (Å²) in [5.41, 5.74) is 0.500. The number of Topliss-reactive ketones (excluding diaryl/α,β-unsaturated/α-hetero) is 1. The molecule has 0 saturated carbocycles. The van der Waals surface area contributed by atoms with Crippen LogP contribution in [0.2, 0.25) is 0 Å². The number of carbonyl (C=O) groups is 1. The van der Waals surface area contributed by atoms with E-state index in [0.29, 0.717) is 12.0 Å². The quantitative estimate of drug-likeness (QED) is 0.670. The molecule has 1 aromatic heterocycles. The first-order valence-corrected chi connectivity index (χ1v) is 6.53. The molecule has 1 unspecified atom stereocenters. The van der Waals surface area contributed by atoms with Crippen LogP contribution in [0, 0.1) is 5.92 Å². The SMILES string of the molecule is Cn1cc(C(=O)C2CCS(=O)(=O)C2)cn1. The summed E-state index contributed by atoms with van der Waals surface area (Å²) in [6.07, 6.45) is 3.54. The van der Waals surface area contributed by atoms with E-state index < -0.39 is 9.84 Å². The minimum atomic E-state index is -2.99. The molecule has 1 aromatic rings. The van der Waals surface area contributed by atoms with Crippen molar-refractivity contribution in [2.75, 3.05) is 11.5 Å². The summed E-state index contributed by atoms with van der Waals surface area (Å²) >= 11 is 0. The van der Waals surface area contributed by atoms with E-state index >= 15 is 0 Å². The summed E-state index contributed by atoms with van der Waals surface area (Å²) in [6.45, 7) is 0. The van der Waals surface area contributed by atoms with E-state index in [9.17, 15) is 13.2 Å². The van der Waals surface area contributed by atoms with Crippen molar-refractivity contribution in [3.8, 4) is 0 Å². The molecule has 0 amide bonds. The van der Waals surface area contributed by atoms with Gasteiger partial charge in [-0.05, 0) is 6.42 Å². The number of nitrogens with zero attached hydrogens (tertiary/aromatic N) is 2. The Morgan fingerprint density at radius 1 is 1.60 bits per heavy atom. The standard InChI is InChI=1S/C9H12N2O3S/c1-11-5-8(4-10-11)9(12)7-2-3-15(13,14)6-7/h4-5,7H,2-3,6H2,1H3. The largest absolute Gasteiger partial charge is 0.294 e. The van der Waals surface area contributed by atoms with E-state index in [4.69, 9.17) is 0 Å². The normalized spacial score (nSPS) is 24.2. The molecule has 0 bridgehead atoms. The lowest BCUT2D eigenvalue weighted by Crippen LogP contribution is -2.15. The van der Waals surface area contributed by atoms with Gasteiger partial charge in [0.2, 0.25) is 0 Å². The minimum absolute atomic E-state index is 0.0132. The van der Waals surface area contributed by atoms with E-state index in [2.05, 4.69) is 5.10 Å². The number of carbonyl (C=O) groups excluding carboxylic acids is 1. The van der Waals surface area contributed by atoms with E-state index in [0.717, 1.165) is 0 Å². The zero-order valence-electron chi connectivity index (χ0n) is 8.38. The van der Waals surface area contributed by atoms with Crippen molar-refractivity contribution in [2.24, 2.45) is 13.0 Å². The van der Waals surface area contributed by atoms with Crippen LogP contribution in [0.15, 0.2) is 12.4 Å². The van der Waals surface area contributed by atoms with Crippen LogP contribution in [0.3, 0.4) is 0 Å². The molecule has 1 saturated heterocycles. The van der Waals surface area contributed by atoms with Gasteiger partial charge in [-0.25, -0.2) is 8.42 Å². The molecule has 5 nitrogen and oxygen atoms in total. The Morgan fingerprint density at radius 3 is 2.80 bits per heavy atom. The minimum Gasteiger partial charge on any atom is -0.294 e. The lowest BCUT2D eigenvalue weighted by atomic mass is 10.00. The predicted octanol–water partition coefficient (Wildman–Crippen LogP) is 0.0375. The summed E-state index contributed by atoms with van der Waals surface area (Å²) in [5, 5.41) is 3.89. The van der Waals surface area contributed by atoms with Gasteiger partial charge >= 0.3 is 0 Å². The molecule has 6 heteroatoms. The fourth-order valence-electron chi connectivity index (χ4n) is 1.79. The first-order chi connectivity index (χ1) is 6.98. The van der Waals surface area contributed by atoms with Crippen molar-refractivity contribution in [1.29, 1.82) is 0 Å². The fraction of sp³-hybridized carbons (Fsp3) is 0.556. The highest BCUT2D eigenvalue weighted by Gasteiger charge is 2.33. The van der Waals surface area contributed by atoms with Gasteiger partial charge in [-0.1, -0.05) is 0 Å². The summed E-state index contributed by atoms with van der Waals surface area (Å²) in [6, 6.07) is 0. The molecule has 0 aliphatic carbocycles. The molecule has 82 valence electrons. The third kappa shape index (κ3) is 2.09. The van der Waals surface area contributed by atoms with Crippen molar-refractivity contribution in [1.82, 2.24) is 9.78 Å². The number of hydrogen-bond donors (Lipinski definition) is 0. The molecule has 0 radical (unpaired) electrons. The average molecular weight is 228 g/mol. The highest BCUT2D eigenvalue weighted by molar-refractivity contribution is 7.91. The molecular formula is C9H12N2O3S. The first kappa shape index (κ1) is 10.4. The van der Waals surface area contributed by atoms with Crippen molar-refractivity contribution < 1.29 is 13.2 Å². The highest BCUT2D eigenvalue weighted by atomic mass is 32.2. The second-order valence-corrected chi connectivity index (χ2v) is 6.10. The third-order valence-corrected chi connectivity index (χ3v) is 4.36. The number of aromatic nitrogens is 2. The van der Waals surface area contributed by atoms with Gasteiger partial charge in [0.05, 0.1) is 23.3 Å². The molecule has 0 aromatic carbocycles. The van der Waals surface area contributed by atoms with Crippen molar-refractivity contribution in [3.63, 3.8) is 0 Å². The maximum Gasteiger partial charge on any atom is 0.170 e. The Kier molecular flexibility index (Phi) is 2.38. The van der Waals surface area contributed by atoms with Crippen LogP contribution in [0.25, 0.3) is 0 Å². The zero-order valence-corrected chi connectivity index (χ0v) is 9.20. The van der Waals surface area contributed by atoms with E-state index in [1.807, 2.05) is 0 Å². The Labute approximate surface area is 88.0 Å². The molecular weight excluding hydrogens is 216 g/mol. The topological polar surface area (TPSA) is 69.0 Å². The Bertz CT molecular complexity index is 489. The summed E-state index contributed by atoms with van der Waals surface area (Å²) in [5.74, 6) is -0.368. The van der Waals surface area contributed by atoms with Gasteiger partial charge in [-0.2, -0.15) is 5.10 Å². The highest BCUT2D eigenvalue weighted by Crippen LogP contribution is 2.22. The molecule has 0 spiro atoms. The molecule has 1 atom stereocenters. The summed E-state index contributed by atoms with van der Waals surface area (Å²) in [7, 11) is -1.27. The van der Waals surface area contributed by atoms with Crippen LogP contribution in [-0.2, 0) is 16.9 Å². The van der Waals surface area contributed by atoms with Gasteiger partial charge in [0, 0.05) is 19.2 Å². The lowest BCUT2D eigenvalue weighted by Gasteiger charge is -2.02. The van der Waals surface area contributed by atoms with Crippen LogP contribution in [0.5, 0.6) is 0 Å². The lowest BCUT2D eigenvalue weighted by molar-refractivity contribution is 0.0933.